The van der Waals surface area contributed by atoms with Gasteiger partial charge in [0.15, 0.2) is 11.5 Å². The minimum absolute atomic E-state index is 0.0595. The molecule has 12 nitrogen and oxygen atoms in total. The average Bonchev–Trinajstić information content (AvgIpc) is 2.90. The lowest BCUT2D eigenvalue weighted by Crippen LogP contribution is -2.53. The molecule has 0 unspecified atom stereocenters. The molecule has 1 aromatic carbocycles. The van der Waals surface area contributed by atoms with Crippen LogP contribution in [-0.4, -0.2) is 115 Å². The van der Waals surface area contributed by atoms with E-state index < -0.39 is 11.9 Å². The molecule has 0 spiro atoms. The number of carbonyl (C=O) groups excluding carboxylic acids is 2. The summed E-state index contributed by atoms with van der Waals surface area (Å²) in [6.07, 6.45) is 4.41. The molecular formula is C28H41N3O9. The number of carboxylic acid groups (broad SMARTS) is 2. The first-order chi connectivity index (χ1) is 18.8. The van der Waals surface area contributed by atoms with E-state index in [1.807, 2.05) is 32.6 Å². The molecule has 0 radical (unpaired) electrons. The van der Waals surface area contributed by atoms with Crippen LogP contribution < -0.4 is 14.2 Å². The summed E-state index contributed by atoms with van der Waals surface area (Å²) < 4.78 is 16.1. The molecule has 1 aromatic rings. The van der Waals surface area contributed by atoms with Gasteiger partial charge in [-0.15, -0.1) is 0 Å². The Hall–Kier alpha value is -4.06. The van der Waals surface area contributed by atoms with Crippen molar-refractivity contribution in [2.45, 2.75) is 39.8 Å². The first kappa shape index (κ1) is 34.0. The maximum atomic E-state index is 12.7. The number of aliphatic carboxylic acids is 2. The van der Waals surface area contributed by atoms with E-state index in [0.717, 1.165) is 5.56 Å². The monoisotopic (exact) mass is 563 g/mol. The molecule has 0 atom stereocenters. The molecule has 1 aliphatic rings. The number of carboxylic acids is 2. The van der Waals surface area contributed by atoms with Gasteiger partial charge < -0.3 is 34.2 Å². The molecule has 0 aliphatic carbocycles. The first-order valence-electron chi connectivity index (χ1n) is 12.8. The Morgan fingerprint density at radius 1 is 0.825 bits per heavy atom. The highest BCUT2D eigenvalue weighted by atomic mass is 16.5. The second kappa shape index (κ2) is 16.8. The van der Waals surface area contributed by atoms with Crippen molar-refractivity contribution >= 4 is 29.8 Å². The van der Waals surface area contributed by atoms with Crippen LogP contribution in [0.25, 0.3) is 6.08 Å². The van der Waals surface area contributed by atoms with Crippen LogP contribution in [0, 0.1) is 0 Å². The highest BCUT2D eigenvalue weighted by molar-refractivity contribution is 5.92. The van der Waals surface area contributed by atoms with Crippen LogP contribution in [0.4, 0.5) is 0 Å². The fourth-order valence-corrected chi connectivity index (χ4v) is 4.18. The van der Waals surface area contributed by atoms with Crippen LogP contribution >= 0.6 is 0 Å². The van der Waals surface area contributed by atoms with Crippen molar-refractivity contribution in [2.24, 2.45) is 0 Å². The van der Waals surface area contributed by atoms with Gasteiger partial charge in [-0.2, -0.15) is 0 Å². The minimum Gasteiger partial charge on any atom is -0.493 e. The number of hydrogen-bond donors (Lipinski definition) is 2. The molecule has 40 heavy (non-hydrogen) atoms. The lowest BCUT2D eigenvalue weighted by Gasteiger charge is -2.37. The zero-order valence-corrected chi connectivity index (χ0v) is 24.2. The van der Waals surface area contributed by atoms with Crippen molar-refractivity contribution in [3.8, 4) is 17.2 Å². The number of nitrogens with zero attached hydrogens (tertiary/aromatic N) is 3. The third kappa shape index (κ3) is 11.0. The molecule has 0 bridgehead atoms. The molecule has 2 amide bonds. The molecule has 0 saturated carbocycles. The van der Waals surface area contributed by atoms with E-state index in [1.165, 1.54) is 0 Å². The number of rotatable bonds is 11. The van der Waals surface area contributed by atoms with E-state index in [9.17, 15) is 19.2 Å². The Kier molecular flexibility index (Phi) is 14.3. The maximum absolute atomic E-state index is 12.7. The van der Waals surface area contributed by atoms with E-state index in [0.29, 0.717) is 62.1 Å². The molecule has 2 rings (SSSR count). The van der Waals surface area contributed by atoms with Crippen molar-refractivity contribution in [2.75, 3.05) is 54.1 Å². The Labute approximate surface area is 235 Å². The van der Waals surface area contributed by atoms with Crippen LogP contribution in [0.3, 0.4) is 0 Å². The van der Waals surface area contributed by atoms with E-state index in [4.69, 9.17) is 24.4 Å². The van der Waals surface area contributed by atoms with Gasteiger partial charge in [-0.3, -0.25) is 14.5 Å². The molecule has 222 valence electrons. The number of amides is 2. The Morgan fingerprint density at radius 3 is 1.68 bits per heavy atom. The second-order valence-electron chi connectivity index (χ2n) is 9.39. The van der Waals surface area contributed by atoms with Crippen molar-refractivity contribution in [1.82, 2.24) is 14.7 Å². The number of benzene rings is 1. The lowest BCUT2D eigenvalue weighted by atomic mass is 10.1. The highest BCUT2D eigenvalue weighted by Crippen LogP contribution is 2.38. The van der Waals surface area contributed by atoms with Crippen LogP contribution in [-0.2, 0) is 19.2 Å². The molecular weight excluding hydrogens is 522 g/mol. The number of carbonyl (C=O) groups is 4. The van der Waals surface area contributed by atoms with Crippen LogP contribution in [0.2, 0.25) is 0 Å². The van der Waals surface area contributed by atoms with Crippen LogP contribution in [0.15, 0.2) is 30.4 Å². The van der Waals surface area contributed by atoms with Gasteiger partial charge >= 0.3 is 11.9 Å². The third-order valence-electron chi connectivity index (χ3n) is 5.92. The zero-order valence-electron chi connectivity index (χ0n) is 24.2. The Balaban J connectivity index is 0.000000869. The third-order valence-corrected chi connectivity index (χ3v) is 5.92. The number of ether oxygens (including phenoxy) is 3. The van der Waals surface area contributed by atoms with Crippen molar-refractivity contribution in [1.29, 1.82) is 0 Å². The van der Waals surface area contributed by atoms with Crippen LogP contribution in [0.1, 0.15) is 33.3 Å². The molecule has 1 aliphatic heterocycles. The number of hydrogen-bond acceptors (Lipinski definition) is 8. The summed E-state index contributed by atoms with van der Waals surface area (Å²) >= 11 is 0. The van der Waals surface area contributed by atoms with Gasteiger partial charge in [0.1, 0.15) is 0 Å². The quantitative estimate of drug-likeness (QED) is 0.384. The van der Waals surface area contributed by atoms with Gasteiger partial charge in [0.05, 0.1) is 27.9 Å². The molecule has 0 aromatic heterocycles. The molecule has 12 heteroatoms. The standard InChI is InChI=1S/C24H37N3O5.C4H4O4/c1-17(2)27(18(3)4)23(29)16-25-10-12-26(13-11-25)22(28)9-8-19-14-20(30-5)24(32-7)21(15-19)31-6;5-3(6)1-2-4(7)8/h8-9,14-15,17-18H,10-13,16H2,1-7H3;1-2H,(H,5,6)(H,7,8)/b9-8+;2-1-. The number of methoxy groups -OCH3 is 3. The first-order valence-corrected chi connectivity index (χ1v) is 12.8. The molecule has 2 N–H and O–H groups in total. The summed E-state index contributed by atoms with van der Waals surface area (Å²) in [4.78, 5) is 50.3. The topological polar surface area (TPSA) is 146 Å². The summed E-state index contributed by atoms with van der Waals surface area (Å²) in [5.74, 6) is -0.853. The van der Waals surface area contributed by atoms with E-state index in [1.54, 1.807) is 50.5 Å². The van der Waals surface area contributed by atoms with E-state index >= 15 is 0 Å². The highest BCUT2D eigenvalue weighted by Gasteiger charge is 2.25. The minimum atomic E-state index is -1.26. The smallest absolute Gasteiger partial charge is 0.328 e. The fourth-order valence-electron chi connectivity index (χ4n) is 4.18. The van der Waals surface area contributed by atoms with Gasteiger partial charge in [0, 0.05) is 56.5 Å². The van der Waals surface area contributed by atoms with Crippen LogP contribution in [0.5, 0.6) is 17.2 Å². The summed E-state index contributed by atoms with van der Waals surface area (Å²) in [6.45, 7) is 11.1. The predicted molar refractivity (Wildman–Crippen MR) is 150 cm³/mol. The summed E-state index contributed by atoms with van der Waals surface area (Å²) in [7, 11) is 4.67. The SMILES string of the molecule is COc1cc(/C=C/C(=O)N2CCN(CC(=O)N(C(C)C)C(C)C)CC2)cc(OC)c1OC.O=C(O)/C=C\C(=O)O. The molecule has 1 saturated heterocycles. The van der Waals surface area contributed by atoms with Gasteiger partial charge in [-0.25, -0.2) is 9.59 Å². The van der Waals surface area contributed by atoms with Gasteiger partial charge in [0.25, 0.3) is 0 Å². The van der Waals surface area contributed by atoms with Gasteiger partial charge in [-0.05, 0) is 51.5 Å². The lowest BCUT2D eigenvalue weighted by molar-refractivity contribution is -0.137. The predicted octanol–water partition coefficient (Wildman–Crippen LogP) is 2.23. The zero-order chi connectivity index (χ0) is 30.4. The largest absolute Gasteiger partial charge is 0.493 e. The maximum Gasteiger partial charge on any atom is 0.328 e. The summed E-state index contributed by atoms with van der Waals surface area (Å²) in [5.41, 5.74) is 0.777. The molecule has 1 fully saturated rings. The second-order valence-corrected chi connectivity index (χ2v) is 9.39. The van der Waals surface area contributed by atoms with Crippen molar-refractivity contribution in [3.63, 3.8) is 0 Å². The Morgan fingerprint density at radius 2 is 1.30 bits per heavy atom. The van der Waals surface area contributed by atoms with Crippen molar-refractivity contribution in [3.05, 3.63) is 35.9 Å². The van der Waals surface area contributed by atoms with Gasteiger partial charge in [0.2, 0.25) is 17.6 Å². The average molecular weight is 564 g/mol. The summed E-state index contributed by atoms with van der Waals surface area (Å²) in [5, 5.41) is 15.6. The fraction of sp³-hybridized carbons (Fsp3) is 0.500. The molecule has 1 heterocycles. The number of piperazine rings is 1. The normalized spacial score (nSPS) is 13.8. The van der Waals surface area contributed by atoms with E-state index in [-0.39, 0.29) is 23.9 Å². The Bertz CT molecular complexity index is 1030. The summed E-state index contributed by atoms with van der Waals surface area (Å²) in [6, 6.07) is 3.93. The van der Waals surface area contributed by atoms with Crippen molar-refractivity contribution < 1.29 is 43.6 Å². The van der Waals surface area contributed by atoms with Gasteiger partial charge in [-0.1, -0.05) is 0 Å². The van der Waals surface area contributed by atoms with E-state index in [2.05, 4.69) is 4.90 Å².